The number of hydrazine groups is 1. The highest BCUT2D eigenvalue weighted by Crippen LogP contribution is 2.17. The van der Waals surface area contributed by atoms with E-state index in [4.69, 9.17) is 17.3 Å². The number of nitrogen functional groups attached to an aromatic ring is 1. The number of carbonyl (C=O) groups is 2. The van der Waals surface area contributed by atoms with Crippen LogP contribution in [-0.4, -0.2) is 39.4 Å². The van der Waals surface area contributed by atoms with Gasteiger partial charge in [-0.05, 0) is 0 Å². The SMILES string of the molecule is NNc1snnc1CN(CC(N)=O)CC(N)=O. The molecule has 7 N–H and O–H groups in total. The summed E-state index contributed by atoms with van der Waals surface area (Å²) >= 11 is 1.07. The van der Waals surface area contributed by atoms with Crippen LogP contribution in [0.25, 0.3) is 0 Å². The molecule has 0 spiro atoms. The molecule has 2 amide bonds. The number of primary amides is 2. The number of anilines is 1. The molecule has 1 rings (SSSR count). The first kappa shape index (κ1) is 13.3. The number of hydrogen-bond donors (Lipinski definition) is 4. The van der Waals surface area contributed by atoms with Crippen LogP contribution in [0.5, 0.6) is 0 Å². The Hall–Kier alpha value is -1.78. The summed E-state index contributed by atoms with van der Waals surface area (Å²) in [4.78, 5) is 23.1. The van der Waals surface area contributed by atoms with E-state index >= 15 is 0 Å². The standard InChI is InChI=1S/C7H13N7O2S/c8-5(15)2-14(3-6(9)16)1-4-7(11-10)17-13-12-4/h11H,1-3,10H2,(H2,8,15)(H2,9,16). The van der Waals surface area contributed by atoms with Gasteiger partial charge in [0.05, 0.1) is 13.1 Å². The van der Waals surface area contributed by atoms with Crippen LogP contribution in [-0.2, 0) is 16.1 Å². The van der Waals surface area contributed by atoms with Crippen LogP contribution in [0, 0.1) is 0 Å². The first-order valence-corrected chi connectivity index (χ1v) is 5.37. The van der Waals surface area contributed by atoms with Crippen molar-refractivity contribution < 1.29 is 9.59 Å². The Morgan fingerprint density at radius 2 is 1.88 bits per heavy atom. The summed E-state index contributed by atoms with van der Waals surface area (Å²) in [6.07, 6.45) is 0. The third-order valence-corrected chi connectivity index (χ3v) is 2.52. The van der Waals surface area contributed by atoms with Crippen LogP contribution in [0.2, 0.25) is 0 Å². The highest BCUT2D eigenvalue weighted by Gasteiger charge is 2.16. The molecule has 10 heteroatoms. The lowest BCUT2D eigenvalue weighted by atomic mass is 10.3. The molecule has 9 nitrogen and oxygen atoms in total. The first-order chi connectivity index (χ1) is 8.02. The average Bonchev–Trinajstić information content (AvgIpc) is 2.62. The van der Waals surface area contributed by atoms with Gasteiger partial charge in [-0.1, -0.05) is 4.49 Å². The smallest absolute Gasteiger partial charge is 0.231 e. The van der Waals surface area contributed by atoms with Gasteiger partial charge in [-0.25, -0.2) is 5.84 Å². The number of rotatable bonds is 7. The molecule has 0 aromatic carbocycles. The predicted octanol–water partition coefficient (Wildman–Crippen LogP) is -2.40. The Labute approximate surface area is 101 Å². The fourth-order valence-corrected chi connectivity index (χ4v) is 1.73. The van der Waals surface area contributed by atoms with Gasteiger partial charge < -0.3 is 16.9 Å². The normalized spacial score (nSPS) is 10.5. The van der Waals surface area contributed by atoms with Crippen molar-refractivity contribution in [3.8, 4) is 0 Å². The molecule has 1 aromatic rings. The molecule has 0 bridgehead atoms. The van der Waals surface area contributed by atoms with Crippen LogP contribution < -0.4 is 22.7 Å². The summed E-state index contributed by atoms with van der Waals surface area (Å²) in [5, 5.41) is 4.38. The Morgan fingerprint density at radius 3 is 2.35 bits per heavy atom. The van der Waals surface area contributed by atoms with Gasteiger partial charge in [0.15, 0.2) is 0 Å². The zero-order valence-electron chi connectivity index (χ0n) is 8.92. The molecule has 0 unspecified atom stereocenters. The van der Waals surface area contributed by atoms with Crippen molar-refractivity contribution in [2.45, 2.75) is 6.54 Å². The minimum Gasteiger partial charge on any atom is -0.369 e. The van der Waals surface area contributed by atoms with Crippen molar-refractivity contribution in [3.63, 3.8) is 0 Å². The minimum absolute atomic E-state index is 0.0928. The van der Waals surface area contributed by atoms with E-state index in [-0.39, 0.29) is 19.6 Å². The zero-order chi connectivity index (χ0) is 12.8. The summed E-state index contributed by atoms with van der Waals surface area (Å²) in [5.74, 6) is 4.13. The molecule has 0 saturated carbocycles. The average molecular weight is 259 g/mol. The van der Waals surface area contributed by atoms with E-state index < -0.39 is 11.8 Å². The highest BCUT2D eigenvalue weighted by molar-refractivity contribution is 7.10. The van der Waals surface area contributed by atoms with Crippen molar-refractivity contribution in [2.75, 3.05) is 18.5 Å². The van der Waals surface area contributed by atoms with E-state index in [9.17, 15) is 9.59 Å². The molecular formula is C7H13N7O2S. The van der Waals surface area contributed by atoms with Gasteiger partial charge in [0.1, 0.15) is 10.7 Å². The summed E-state index contributed by atoms with van der Waals surface area (Å²) in [6.45, 7) is 0.0247. The van der Waals surface area contributed by atoms with Gasteiger partial charge in [-0.15, -0.1) is 5.10 Å². The molecule has 0 aliphatic rings. The number of carbonyl (C=O) groups excluding carboxylic acids is 2. The molecule has 0 saturated heterocycles. The number of nitrogens with zero attached hydrogens (tertiary/aromatic N) is 3. The quantitative estimate of drug-likeness (QED) is 0.314. The van der Waals surface area contributed by atoms with Crippen LogP contribution in [0.1, 0.15) is 5.69 Å². The molecule has 0 aliphatic carbocycles. The number of nitrogens with one attached hydrogen (secondary N) is 1. The van der Waals surface area contributed by atoms with Crippen LogP contribution in [0.3, 0.4) is 0 Å². The van der Waals surface area contributed by atoms with E-state index in [1.165, 1.54) is 4.90 Å². The Kier molecular flexibility index (Phi) is 4.75. The largest absolute Gasteiger partial charge is 0.369 e. The van der Waals surface area contributed by atoms with E-state index in [2.05, 4.69) is 15.0 Å². The number of hydrogen-bond acceptors (Lipinski definition) is 8. The molecule has 1 aromatic heterocycles. The maximum Gasteiger partial charge on any atom is 0.231 e. The van der Waals surface area contributed by atoms with Gasteiger partial charge >= 0.3 is 0 Å². The van der Waals surface area contributed by atoms with Crippen molar-refractivity contribution in [1.29, 1.82) is 0 Å². The molecule has 1 heterocycles. The summed E-state index contributed by atoms with van der Waals surface area (Å²) < 4.78 is 3.69. The second kappa shape index (κ2) is 6.08. The maximum absolute atomic E-state index is 10.8. The lowest BCUT2D eigenvalue weighted by Crippen LogP contribution is -2.39. The Morgan fingerprint density at radius 1 is 1.29 bits per heavy atom. The minimum atomic E-state index is -0.559. The van der Waals surface area contributed by atoms with E-state index in [0.29, 0.717) is 10.7 Å². The highest BCUT2D eigenvalue weighted by atomic mass is 32.1. The van der Waals surface area contributed by atoms with Crippen molar-refractivity contribution in [1.82, 2.24) is 14.5 Å². The zero-order valence-corrected chi connectivity index (χ0v) is 9.74. The van der Waals surface area contributed by atoms with Gasteiger partial charge in [0.25, 0.3) is 0 Å². The fraction of sp³-hybridized carbons (Fsp3) is 0.429. The second-order valence-electron chi connectivity index (χ2n) is 3.27. The van der Waals surface area contributed by atoms with Crippen LogP contribution in [0.4, 0.5) is 5.00 Å². The van der Waals surface area contributed by atoms with Crippen LogP contribution >= 0.6 is 11.5 Å². The van der Waals surface area contributed by atoms with Gasteiger partial charge in [0, 0.05) is 18.1 Å². The third kappa shape index (κ3) is 4.30. The second-order valence-corrected chi connectivity index (χ2v) is 4.03. The third-order valence-electron chi connectivity index (χ3n) is 1.82. The van der Waals surface area contributed by atoms with E-state index in [1.54, 1.807) is 0 Å². The maximum atomic E-state index is 10.8. The monoisotopic (exact) mass is 259 g/mol. The Balaban J connectivity index is 2.71. The summed E-state index contributed by atoms with van der Waals surface area (Å²) in [5.41, 5.74) is 13.1. The van der Waals surface area contributed by atoms with Gasteiger partial charge in [-0.2, -0.15) is 0 Å². The van der Waals surface area contributed by atoms with Gasteiger partial charge in [-0.3, -0.25) is 14.5 Å². The number of nitrogens with two attached hydrogens (primary N) is 3. The Bertz CT molecular complexity index is 391. The molecule has 0 aliphatic heterocycles. The topological polar surface area (TPSA) is 153 Å². The lowest BCUT2D eigenvalue weighted by molar-refractivity contribution is -0.122. The summed E-state index contributed by atoms with van der Waals surface area (Å²) in [7, 11) is 0. The molecule has 0 radical (unpaired) electrons. The number of amides is 2. The molecule has 17 heavy (non-hydrogen) atoms. The molecular weight excluding hydrogens is 246 g/mol. The molecule has 0 atom stereocenters. The fourth-order valence-electron chi connectivity index (χ4n) is 1.24. The van der Waals surface area contributed by atoms with Gasteiger partial charge in [0.2, 0.25) is 11.8 Å². The molecule has 0 fully saturated rings. The summed E-state index contributed by atoms with van der Waals surface area (Å²) in [6, 6.07) is 0. The number of aromatic nitrogens is 2. The van der Waals surface area contributed by atoms with Crippen molar-refractivity contribution >= 4 is 28.3 Å². The molecule has 94 valence electrons. The van der Waals surface area contributed by atoms with E-state index in [1.807, 2.05) is 0 Å². The first-order valence-electron chi connectivity index (χ1n) is 4.59. The predicted molar refractivity (Wildman–Crippen MR) is 61.4 cm³/mol. The van der Waals surface area contributed by atoms with Crippen molar-refractivity contribution in [3.05, 3.63) is 5.69 Å². The van der Waals surface area contributed by atoms with Crippen LogP contribution in [0.15, 0.2) is 0 Å². The van der Waals surface area contributed by atoms with Crippen molar-refractivity contribution in [2.24, 2.45) is 17.3 Å². The lowest BCUT2D eigenvalue weighted by Gasteiger charge is -2.17. The van der Waals surface area contributed by atoms with E-state index in [0.717, 1.165) is 11.5 Å².